The quantitative estimate of drug-likeness (QED) is 0.528. The lowest BCUT2D eigenvalue weighted by atomic mass is 10.2. The molecule has 0 atom stereocenters. The maximum Gasteiger partial charge on any atom is 0.260 e. The average molecular weight is 442 g/mol. The summed E-state index contributed by atoms with van der Waals surface area (Å²) >= 11 is 1.37. The highest BCUT2D eigenvalue weighted by Crippen LogP contribution is 2.28. The number of carbonyl (C=O) groups is 1. The molecular formula is C22H23N3O3S2. The van der Waals surface area contributed by atoms with E-state index in [-0.39, 0.29) is 23.4 Å². The van der Waals surface area contributed by atoms with Crippen molar-refractivity contribution >= 4 is 32.4 Å². The number of hydrogen-bond acceptors (Lipinski definition) is 5. The van der Waals surface area contributed by atoms with Crippen molar-refractivity contribution in [2.45, 2.75) is 24.8 Å². The Morgan fingerprint density at radius 3 is 2.43 bits per heavy atom. The third kappa shape index (κ3) is 5.02. The van der Waals surface area contributed by atoms with Crippen LogP contribution in [0.5, 0.6) is 0 Å². The van der Waals surface area contributed by atoms with Gasteiger partial charge in [0.1, 0.15) is 0 Å². The smallest absolute Gasteiger partial charge is 0.260 e. The number of thiazole rings is 1. The summed E-state index contributed by atoms with van der Waals surface area (Å²) in [6.45, 7) is 7.52. The van der Waals surface area contributed by atoms with Crippen LogP contribution in [-0.4, -0.2) is 31.9 Å². The highest BCUT2D eigenvalue weighted by molar-refractivity contribution is 7.89. The number of nitrogens with zero attached hydrogens (tertiary/aromatic N) is 2. The van der Waals surface area contributed by atoms with Crippen molar-refractivity contribution in [3.63, 3.8) is 0 Å². The zero-order valence-corrected chi connectivity index (χ0v) is 18.4. The van der Waals surface area contributed by atoms with E-state index in [1.165, 1.54) is 40.5 Å². The lowest BCUT2D eigenvalue weighted by molar-refractivity contribution is 0.0989. The van der Waals surface area contributed by atoms with E-state index in [0.29, 0.717) is 10.7 Å². The van der Waals surface area contributed by atoms with Crippen LogP contribution in [0.15, 0.2) is 77.5 Å². The second kappa shape index (κ2) is 9.34. The zero-order valence-electron chi connectivity index (χ0n) is 16.8. The van der Waals surface area contributed by atoms with Gasteiger partial charge in [-0.05, 0) is 38.1 Å². The molecule has 0 bridgehead atoms. The van der Waals surface area contributed by atoms with Crippen LogP contribution in [0, 0.1) is 0 Å². The number of hydrogen-bond donors (Lipinski definition) is 1. The van der Waals surface area contributed by atoms with Crippen molar-refractivity contribution in [1.29, 1.82) is 0 Å². The van der Waals surface area contributed by atoms with Crippen molar-refractivity contribution in [1.82, 2.24) is 9.71 Å². The van der Waals surface area contributed by atoms with Crippen LogP contribution in [0.1, 0.15) is 24.2 Å². The normalized spacial score (nSPS) is 11.4. The fraction of sp³-hybridized carbons (Fsp3) is 0.182. The van der Waals surface area contributed by atoms with Crippen LogP contribution < -0.4 is 9.62 Å². The van der Waals surface area contributed by atoms with Gasteiger partial charge in [0.15, 0.2) is 5.13 Å². The molecule has 1 amide bonds. The lowest BCUT2D eigenvalue weighted by Gasteiger charge is -2.18. The number of rotatable bonds is 8. The first kappa shape index (κ1) is 21.9. The molecule has 2 aromatic carbocycles. The molecule has 1 aromatic heterocycles. The second-order valence-electron chi connectivity index (χ2n) is 6.89. The predicted molar refractivity (Wildman–Crippen MR) is 121 cm³/mol. The Morgan fingerprint density at radius 2 is 1.83 bits per heavy atom. The SMILES string of the molecule is C=CCN(C(=O)c1ccc(S(=O)(=O)NC(C)C)cc1)c1nc(-c2ccccc2)cs1. The number of sulfonamides is 1. The maximum atomic E-state index is 13.1. The van der Waals surface area contributed by atoms with E-state index in [1.807, 2.05) is 35.7 Å². The van der Waals surface area contributed by atoms with Gasteiger partial charge in [0, 0.05) is 29.1 Å². The molecule has 0 unspecified atom stereocenters. The second-order valence-corrected chi connectivity index (χ2v) is 9.44. The first-order chi connectivity index (χ1) is 14.3. The summed E-state index contributed by atoms with van der Waals surface area (Å²) < 4.78 is 27.1. The summed E-state index contributed by atoms with van der Waals surface area (Å²) in [5.74, 6) is -0.273. The Labute approximate surface area is 181 Å². The predicted octanol–water partition coefficient (Wildman–Crippen LogP) is 4.33. The van der Waals surface area contributed by atoms with Crippen LogP contribution in [0.2, 0.25) is 0 Å². The van der Waals surface area contributed by atoms with Gasteiger partial charge in [-0.25, -0.2) is 18.1 Å². The van der Waals surface area contributed by atoms with E-state index in [2.05, 4.69) is 16.3 Å². The summed E-state index contributed by atoms with van der Waals surface area (Å²) in [5.41, 5.74) is 2.13. The molecule has 30 heavy (non-hydrogen) atoms. The number of anilines is 1. The van der Waals surface area contributed by atoms with E-state index < -0.39 is 10.0 Å². The molecule has 0 saturated heterocycles. The lowest BCUT2D eigenvalue weighted by Crippen LogP contribution is -2.31. The van der Waals surface area contributed by atoms with Crippen LogP contribution in [0.3, 0.4) is 0 Å². The molecule has 0 aliphatic heterocycles. The molecule has 6 nitrogen and oxygen atoms in total. The van der Waals surface area contributed by atoms with Crippen molar-refractivity contribution in [2.75, 3.05) is 11.4 Å². The minimum Gasteiger partial charge on any atom is -0.280 e. The van der Waals surface area contributed by atoms with Gasteiger partial charge < -0.3 is 0 Å². The van der Waals surface area contributed by atoms with Crippen molar-refractivity contribution in [3.05, 3.63) is 78.2 Å². The standard InChI is InChI=1S/C22H23N3O3S2/c1-4-14-25(22-23-20(15-29-22)17-8-6-5-7-9-17)21(26)18-10-12-19(13-11-18)30(27,28)24-16(2)3/h4-13,15-16,24H,1,14H2,2-3H3. The monoisotopic (exact) mass is 441 g/mol. The molecule has 3 rings (SSSR count). The molecule has 0 spiro atoms. The zero-order chi connectivity index (χ0) is 21.7. The minimum absolute atomic E-state index is 0.114. The van der Waals surface area contributed by atoms with Crippen molar-refractivity contribution < 1.29 is 13.2 Å². The summed E-state index contributed by atoms with van der Waals surface area (Å²) in [4.78, 5) is 19.3. The highest BCUT2D eigenvalue weighted by Gasteiger charge is 2.21. The average Bonchev–Trinajstić information content (AvgIpc) is 3.21. The third-order valence-corrected chi connectivity index (χ3v) is 6.69. The summed E-state index contributed by atoms with van der Waals surface area (Å²) in [5, 5.41) is 2.46. The number of carbonyl (C=O) groups excluding carboxylic acids is 1. The molecule has 8 heteroatoms. The van der Waals surface area contributed by atoms with Crippen LogP contribution in [-0.2, 0) is 10.0 Å². The summed E-state index contributed by atoms with van der Waals surface area (Å²) in [6, 6.07) is 15.4. The van der Waals surface area contributed by atoms with Gasteiger partial charge in [-0.15, -0.1) is 17.9 Å². The molecule has 0 aliphatic rings. The Hall–Kier alpha value is -2.81. The Balaban J connectivity index is 1.86. The molecule has 0 fully saturated rings. The Morgan fingerprint density at radius 1 is 1.17 bits per heavy atom. The molecule has 0 radical (unpaired) electrons. The largest absolute Gasteiger partial charge is 0.280 e. The fourth-order valence-corrected chi connectivity index (χ4v) is 4.91. The molecular weight excluding hydrogens is 418 g/mol. The van der Waals surface area contributed by atoms with E-state index >= 15 is 0 Å². The summed E-state index contributed by atoms with van der Waals surface area (Å²) in [6.07, 6.45) is 1.63. The van der Waals surface area contributed by atoms with E-state index in [0.717, 1.165) is 11.3 Å². The van der Waals surface area contributed by atoms with E-state index in [4.69, 9.17) is 0 Å². The van der Waals surface area contributed by atoms with Gasteiger partial charge in [-0.2, -0.15) is 0 Å². The van der Waals surface area contributed by atoms with E-state index in [1.54, 1.807) is 19.9 Å². The van der Waals surface area contributed by atoms with Gasteiger partial charge in [-0.1, -0.05) is 36.4 Å². The van der Waals surface area contributed by atoms with Crippen LogP contribution in [0.25, 0.3) is 11.3 Å². The molecule has 3 aromatic rings. The number of amides is 1. The Kier molecular flexibility index (Phi) is 6.81. The van der Waals surface area contributed by atoms with Gasteiger partial charge >= 0.3 is 0 Å². The number of nitrogens with one attached hydrogen (secondary N) is 1. The van der Waals surface area contributed by atoms with Crippen molar-refractivity contribution in [2.24, 2.45) is 0 Å². The first-order valence-corrected chi connectivity index (χ1v) is 11.7. The first-order valence-electron chi connectivity index (χ1n) is 9.38. The number of benzene rings is 2. The van der Waals surface area contributed by atoms with Gasteiger partial charge in [0.05, 0.1) is 10.6 Å². The van der Waals surface area contributed by atoms with Gasteiger partial charge in [0.2, 0.25) is 10.0 Å². The van der Waals surface area contributed by atoms with E-state index in [9.17, 15) is 13.2 Å². The third-order valence-electron chi connectivity index (χ3n) is 4.15. The summed E-state index contributed by atoms with van der Waals surface area (Å²) in [7, 11) is -3.61. The number of aromatic nitrogens is 1. The molecule has 0 aliphatic carbocycles. The van der Waals surface area contributed by atoms with Crippen LogP contribution >= 0.6 is 11.3 Å². The molecule has 0 saturated carbocycles. The fourth-order valence-electron chi connectivity index (χ4n) is 2.82. The Bertz CT molecular complexity index is 1120. The highest BCUT2D eigenvalue weighted by atomic mass is 32.2. The maximum absolute atomic E-state index is 13.1. The molecule has 1 heterocycles. The van der Waals surface area contributed by atoms with Crippen LogP contribution in [0.4, 0.5) is 5.13 Å². The van der Waals surface area contributed by atoms with Gasteiger partial charge in [0.25, 0.3) is 5.91 Å². The topological polar surface area (TPSA) is 79.4 Å². The van der Waals surface area contributed by atoms with Gasteiger partial charge in [-0.3, -0.25) is 9.69 Å². The van der Waals surface area contributed by atoms with Crippen molar-refractivity contribution in [3.8, 4) is 11.3 Å². The molecule has 1 N–H and O–H groups in total. The molecule has 156 valence electrons. The minimum atomic E-state index is -3.61.